The number of hydrogen-bond acceptors (Lipinski definition) is 3. The number of rotatable bonds is 2. The number of aliphatic hydroxyl groups is 1. The van der Waals surface area contributed by atoms with Crippen molar-refractivity contribution in [1.82, 2.24) is 4.90 Å². The Balaban J connectivity index is 2.01. The van der Waals surface area contributed by atoms with Crippen LogP contribution in [0.2, 0.25) is 0 Å². The van der Waals surface area contributed by atoms with Crippen molar-refractivity contribution in [2.75, 3.05) is 20.2 Å². The maximum Gasteiger partial charge on any atom is 0.0710 e. The summed E-state index contributed by atoms with van der Waals surface area (Å²) in [5.74, 6) is 0. The molecule has 0 aromatic carbocycles. The lowest BCUT2D eigenvalue weighted by Crippen LogP contribution is -2.49. The summed E-state index contributed by atoms with van der Waals surface area (Å²) in [4.78, 5) is 2.52. The number of likely N-dealkylation sites (tertiary alicyclic amines) is 1. The van der Waals surface area contributed by atoms with E-state index in [0.717, 1.165) is 38.8 Å². The Labute approximate surface area is 98.8 Å². The molecule has 0 spiro atoms. The molecule has 1 saturated heterocycles. The van der Waals surface area contributed by atoms with Crippen molar-refractivity contribution in [2.45, 2.75) is 57.8 Å². The average Bonchev–Trinajstić information content (AvgIpc) is 2.70. The van der Waals surface area contributed by atoms with E-state index >= 15 is 0 Å². The van der Waals surface area contributed by atoms with Crippen molar-refractivity contribution in [3.63, 3.8) is 0 Å². The van der Waals surface area contributed by atoms with Crippen LogP contribution in [-0.4, -0.2) is 48.5 Å². The van der Waals surface area contributed by atoms with E-state index in [1.165, 1.54) is 0 Å². The molecular weight excluding hydrogens is 202 g/mol. The van der Waals surface area contributed by atoms with Crippen LogP contribution in [0.1, 0.15) is 39.5 Å². The van der Waals surface area contributed by atoms with Crippen LogP contribution in [0.25, 0.3) is 0 Å². The van der Waals surface area contributed by atoms with Gasteiger partial charge in [0, 0.05) is 26.2 Å². The quantitative estimate of drug-likeness (QED) is 0.778. The Morgan fingerprint density at radius 1 is 1.31 bits per heavy atom. The normalized spacial score (nSPS) is 40.1. The summed E-state index contributed by atoms with van der Waals surface area (Å²) in [7, 11) is 1.80. The minimum absolute atomic E-state index is 0.0976. The lowest BCUT2D eigenvalue weighted by Gasteiger charge is -2.45. The van der Waals surface area contributed by atoms with Crippen LogP contribution in [0.5, 0.6) is 0 Å². The van der Waals surface area contributed by atoms with Crippen molar-refractivity contribution in [1.29, 1.82) is 0 Å². The van der Waals surface area contributed by atoms with Gasteiger partial charge in [-0.05, 0) is 31.1 Å². The molecule has 0 aromatic rings. The van der Waals surface area contributed by atoms with Crippen molar-refractivity contribution in [3.8, 4) is 0 Å². The number of aliphatic hydroxyl groups excluding tert-OH is 1. The van der Waals surface area contributed by atoms with Crippen molar-refractivity contribution in [2.24, 2.45) is 5.41 Å². The smallest absolute Gasteiger partial charge is 0.0710 e. The molecule has 1 aliphatic heterocycles. The van der Waals surface area contributed by atoms with Crippen molar-refractivity contribution < 1.29 is 9.84 Å². The zero-order chi connectivity index (χ0) is 11.8. The minimum atomic E-state index is -0.0976. The third-order valence-corrected chi connectivity index (χ3v) is 4.47. The standard InChI is InChI=1S/C13H25NO2/c1-13(2)6-4-10(15)8-12(13)14-7-5-11(9-14)16-3/h10-12,15H,4-9H2,1-3H3. The summed E-state index contributed by atoms with van der Waals surface area (Å²) in [5.41, 5.74) is 0.335. The SMILES string of the molecule is COC1CCN(C2CC(O)CCC2(C)C)C1. The van der Waals surface area contributed by atoms with E-state index in [0.29, 0.717) is 17.6 Å². The van der Waals surface area contributed by atoms with Crippen molar-refractivity contribution in [3.05, 3.63) is 0 Å². The first-order chi connectivity index (χ1) is 7.53. The molecule has 3 atom stereocenters. The minimum Gasteiger partial charge on any atom is -0.393 e. The van der Waals surface area contributed by atoms with Gasteiger partial charge in [-0.25, -0.2) is 0 Å². The van der Waals surface area contributed by atoms with Gasteiger partial charge in [-0.1, -0.05) is 13.8 Å². The predicted molar refractivity (Wildman–Crippen MR) is 64.4 cm³/mol. The van der Waals surface area contributed by atoms with Gasteiger partial charge in [0.05, 0.1) is 12.2 Å². The van der Waals surface area contributed by atoms with E-state index in [9.17, 15) is 5.11 Å². The molecule has 2 aliphatic rings. The molecule has 3 heteroatoms. The molecule has 1 aliphatic carbocycles. The summed E-state index contributed by atoms with van der Waals surface area (Å²) in [6.45, 7) is 6.84. The van der Waals surface area contributed by atoms with Gasteiger partial charge in [-0.3, -0.25) is 4.90 Å². The Morgan fingerprint density at radius 2 is 2.06 bits per heavy atom. The zero-order valence-electron chi connectivity index (χ0n) is 10.8. The summed E-state index contributed by atoms with van der Waals surface area (Å²) in [6.07, 6.45) is 4.47. The van der Waals surface area contributed by atoms with Crippen LogP contribution in [0.15, 0.2) is 0 Å². The fourth-order valence-corrected chi connectivity index (χ4v) is 3.27. The summed E-state index contributed by atoms with van der Waals surface area (Å²) in [6, 6.07) is 0.524. The molecule has 1 N–H and O–H groups in total. The first kappa shape index (κ1) is 12.3. The van der Waals surface area contributed by atoms with Crippen LogP contribution in [0, 0.1) is 5.41 Å². The topological polar surface area (TPSA) is 32.7 Å². The van der Waals surface area contributed by atoms with E-state index in [2.05, 4.69) is 18.7 Å². The highest BCUT2D eigenvalue weighted by molar-refractivity contribution is 4.95. The summed E-state index contributed by atoms with van der Waals surface area (Å²) >= 11 is 0. The van der Waals surface area contributed by atoms with Crippen LogP contribution in [0.4, 0.5) is 0 Å². The van der Waals surface area contributed by atoms with Crippen LogP contribution in [-0.2, 0) is 4.74 Å². The number of methoxy groups -OCH3 is 1. The second-order valence-electron chi connectivity index (χ2n) is 6.07. The lowest BCUT2D eigenvalue weighted by molar-refractivity contribution is -0.00861. The zero-order valence-corrected chi connectivity index (χ0v) is 10.8. The second kappa shape index (κ2) is 4.63. The second-order valence-corrected chi connectivity index (χ2v) is 6.07. The van der Waals surface area contributed by atoms with E-state index in [1.807, 2.05) is 0 Å². The van der Waals surface area contributed by atoms with Gasteiger partial charge in [0.2, 0.25) is 0 Å². The first-order valence-corrected chi connectivity index (χ1v) is 6.48. The molecule has 1 saturated carbocycles. The Hall–Kier alpha value is -0.120. The molecule has 3 unspecified atom stereocenters. The fourth-order valence-electron chi connectivity index (χ4n) is 3.27. The molecule has 1 heterocycles. The Bertz CT molecular complexity index is 242. The maximum absolute atomic E-state index is 9.84. The molecule has 2 fully saturated rings. The van der Waals surface area contributed by atoms with E-state index in [4.69, 9.17) is 4.74 Å². The van der Waals surface area contributed by atoms with Crippen LogP contribution >= 0.6 is 0 Å². The third kappa shape index (κ3) is 2.41. The highest BCUT2D eigenvalue weighted by Crippen LogP contribution is 2.40. The van der Waals surface area contributed by atoms with Gasteiger partial charge in [0.15, 0.2) is 0 Å². The largest absolute Gasteiger partial charge is 0.393 e. The highest BCUT2D eigenvalue weighted by atomic mass is 16.5. The molecule has 2 rings (SSSR count). The van der Waals surface area contributed by atoms with Gasteiger partial charge in [-0.2, -0.15) is 0 Å². The Morgan fingerprint density at radius 3 is 2.69 bits per heavy atom. The molecule has 3 nitrogen and oxygen atoms in total. The highest BCUT2D eigenvalue weighted by Gasteiger charge is 2.41. The van der Waals surface area contributed by atoms with Crippen molar-refractivity contribution >= 4 is 0 Å². The predicted octanol–water partition coefficient (Wildman–Crippen LogP) is 1.65. The molecule has 16 heavy (non-hydrogen) atoms. The lowest BCUT2D eigenvalue weighted by atomic mass is 9.71. The Kier molecular flexibility index (Phi) is 3.57. The molecule has 94 valence electrons. The first-order valence-electron chi connectivity index (χ1n) is 6.48. The number of ether oxygens (including phenoxy) is 1. The number of hydrogen-bond donors (Lipinski definition) is 1. The van der Waals surface area contributed by atoms with Crippen LogP contribution < -0.4 is 0 Å². The molecule has 0 aromatic heterocycles. The van der Waals surface area contributed by atoms with Crippen LogP contribution in [0.3, 0.4) is 0 Å². The van der Waals surface area contributed by atoms with E-state index in [-0.39, 0.29) is 6.10 Å². The molecule has 0 amide bonds. The fraction of sp³-hybridized carbons (Fsp3) is 1.00. The third-order valence-electron chi connectivity index (χ3n) is 4.47. The molecular formula is C13H25NO2. The maximum atomic E-state index is 9.84. The molecule has 0 bridgehead atoms. The van der Waals surface area contributed by atoms with Gasteiger partial charge < -0.3 is 9.84 Å². The van der Waals surface area contributed by atoms with Gasteiger partial charge >= 0.3 is 0 Å². The molecule has 0 radical (unpaired) electrons. The van der Waals surface area contributed by atoms with Gasteiger partial charge in [0.1, 0.15) is 0 Å². The van der Waals surface area contributed by atoms with E-state index in [1.54, 1.807) is 7.11 Å². The van der Waals surface area contributed by atoms with Gasteiger partial charge in [0.25, 0.3) is 0 Å². The van der Waals surface area contributed by atoms with Gasteiger partial charge in [-0.15, -0.1) is 0 Å². The summed E-state index contributed by atoms with van der Waals surface area (Å²) in [5, 5.41) is 9.84. The van der Waals surface area contributed by atoms with E-state index < -0.39 is 0 Å². The summed E-state index contributed by atoms with van der Waals surface area (Å²) < 4.78 is 5.42. The monoisotopic (exact) mass is 227 g/mol. The number of nitrogens with zero attached hydrogens (tertiary/aromatic N) is 1. The average molecular weight is 227 g/mol.